The number of carbonyl (C=O) groups is 1. The fraction of sp³-hybridized carbons (Fsp3) is 0.722. The molecule has 2 fully saturated rings. The predicted octanol–water partition coefficient (Wildman–Crippen LogP) is 2.88. The largest absolute Gasteiger partial charge is 0.390 e. The summed E-state index contributed by atoms with van der Waals surface area (Å²) in [6.45, 7) is 4.80. The molecular weight excluding hydrogens is 276 g/mol. The van der Waals surface area contributed by atoms with Gasteiger partial charge in [0, 0.05) is 31.2 Å². The second-order valence-corrected chi connectivity index (χ2v) is 7.34. The van der Waals surface area contributed by atoms with Crippen LogP contribution in [0.25, 0.3) is 0 Å². The van der Waals surface area contributed by atoms with E-state index in [-0.39, 0.29) is 17.9 Å². The normalized spacial score (nSPS) is 32.5. The molecule has 4 nitrogen and oxygen atoms in total. The summed E-state index contributed by atoms with van der Waals surface area (Å²) in [7, 11) is 1.95. The number of aryl methyl sites for hydroxylation is 1. The molecule has 0 spiro atoms. The highest BCUT2D eigenvalue weighted by Gasteiger charge is 2.45. The van der Waals surface area contributed by atoms with Crippen molar-refractivity contribution in [3.05, 3.63) is 23.5 Å². The number of aromatic nitrogens is 1. The number of rotatable bonds is 2. The topological polar surface area (TPSA) is 45.5 Å². The van der Waals surface area contributed by atoms with Gasteiger partial charge in [-0.05, 0) is 51.7 Å². The lowest BCUT2D eigenvalue weighted by atomic mass is 9.72. The number of carbonyl (C=O) groups excluding carboxylic acids is 1. The molecule has 3 rings (SSSR count). The summed E-state index contributed by atoms with van der Waals surface area (Å²) in [4.78, 5) is 15.0. The van der Waals surface area contributed by atoms with E-state index in [1.807, 2.05) is 42.5 Å². The predicted molar refractivity (Wildman–Crippen MR) is 86.8 cm³/mol. The summed E-state index contributed by atoms with van der Waals surface area (Å²) < 4.78 is 1.97. The molecule has 1 saturated heterocycles. The van der Waals surface area contributed by atoms with Crippen molar-refractivity contribution in [1.29, 1.82) is 0 Å². The van der Waals surface area contributed by atoms with Crippen LogP contribution in [0.2, 0.25) is 0 Å². The van der Waals surface area contributed by atoms with Crippen LogP contribution in [0, 0.1) is 12.8 Å². The molecule has 1 aliphatic heterocycles. The zero-order chi connectivity index (χ0) is 15.9. The summed E-state index contributed by atoms with van der Waals surface area (Å²) in [5, 5.41) is 10.8. The van der Waals surface area contributed by atoms with Gasteiger partial charge in [0.05, 0.1) is 5.60 Å². The van der Waals surface area contributed by atoms with Gasteiger partial charge in [0.15, 0.2) is 0 Å². The molecule has 0 radical (unpaired) electrons. The lowest BCUT2D eigenvalue weighted by Gasteiger charge is -2.43. The molecule has 0 bridgehead atoms. The van der Waals surface area contributed by atoms with Crippen LogP contribution in [-0.4, -0.2) is 38.7 Å². The molecule has 1 aromatic rings. The van der Waals surface area contributed by atoms with Gasteiger partial charge in [-0.1, -0.05) is 12.8 Å². The average molecular weight is 304 g/mol. The van der Waals surface area contributed by atoms with Crippen LogP contribution in [0.4, 0.5) is 0 Å². The third kappa shape index (κ3) is 2.58. The maximum absolute atomic E-state index is 13.0. The number of aliphatic hydroxyl groups is 1. The maximum atomic E-state index is 13.0. The summed E-state index contributed by atoms with van der Waals surface area (Å²) in [6.07, 6.45) is 6.24. The van der Waals surface area contributed by atoms with Crippen LogP contribution in [0.3, 0.4) is 0 Å². The quantitative estimate of drug-likeness (QED) is 0.913. The zero-order valence-corrected chi connectivity index (χ0v) is 14.0. The standard InChI is InChI=1S/C18H28N2O2/c1-13-9-10-16(19(13)3)17(21)20-12-6-8-15(20)14-7-4-5-11-18(14,2)22/h9-10,14-15,22H,4-8,11-12H2,1-3H3/t14-,15-,18+/m1/s1. The molecule has 2 heterocycles. The van der Waals surface area contributed by atoms with E-state index in [2.05, 4.69) is 0 Å². The van der Waals surface area contributed by atoms with E-state index in [0.29, 0.717) is 0 Å². The first-order chi connectivity index (χ1) is 10.4. The summed E-state index contributed by atoms with van der Waals surface area (Å²) in [5.74, 6) is 0.341. The molecule has 0 aromatic carbocycles. The van der Waals surface area contributed by atoms with Crippen LogP contribution in [0.1, 0.15) is 61.6 Å². The third-order valence-corrected chi connectivity index (χ3v) is 5.86. The first kappa shape index (κ1) is 15.6. The highest BCUT2D eigenvalue weighted by atomic mass is 16.3. The molecule has 4 heteroatoms. The molecular formula is C18H28N2O2. The van der Waals surface area contributed by atoms with Crippen LogP contribution in [-0.2, 0) is 7.05 Å². The first-order valence-electron chi connectivity index (χ1n) is 8.57. The minimum Gasteiger partial charge on any atom is -0.390 e. The molecule has 1 saturated carbocycles. The Hall–Kier alpha value is -1.29. The van der Waals surface area contributed by atoms with Gasteiger partial charge in [-0.2, -0.15) is 0 Å². The van der Waals surface area contributed by atoms with E-state index in [1.54, 1.807) is 0 Å². The SMILES string of the molecule is Cc1ccc(C(=O)N2CCC[C@@H]2[C@H]2CCCC[C@]2(C)O)n1C. The Kier molecular flexibility index (Phi) is 4.06. The van der Waals surface area contributed by atoms with Crippen LogP contribution >= 0.6 is 0 Å². The average Bonchev–Trinajstić information content (AvgIpc) is 3.06. The molecule has 1 aliphatic carbocycles. The monoisotopic (exact) mass is 304 g/mol. The van der Waals surface area contributed by atoms with Crippen molar-refractivity contribution >= 4 is 5.91 Å². The summed E-state index contributed by atoms with van der Waals surface area (Å²) in [6, 6.07) is 4.11. The Morgan fingerprint density at radius 2 is 2.05 bits per heavy atom. The smallest absolute Gasteiger partial charge is 0.270 e. The van der Waals surface area contributed by atoms with E-state index >= 15 is 0 Å². The van der Waals surface area contributed by atoms with Gasteiger partial charge >= 0.3 is 0 Å². The van der Waals surface area contributed by atoms with Crippen molar-refractivity contribution in [2.24, 2.45) is 13.0 Å². The number of likely N-dealkylation sites (tertiary alicyclic amines) is 1. The van der Waals surface area contributed by atoms with Crippen LogP contribution in [0.15, 0.2) is 12.1 Å². The number of hydrogen-bond donors (Lipinski definition) is 1. The zero-order valence-electron chi connectivity index (χ0n) is 14.0. The lowest BCUT2D eigenvalue weighted by molar-refractivity contribution is -0.0578. The molecule has 1 aromatic heterocycles. The van der Waals surface area contributed by atoms with Gasteiger partial charge < -0.3 is 14.6 Å². The molecule has 22 heavy (non-hydrogen) atoms. The number of hydrogen-bond acceptors (Lipinski definition) is 2. The van der Waals surface area contributed by atoms with Gasteiger partial charge in [0.25, 0.3) is 5.91 Å². The van der Waals surface area contributed by atoms with E-state index < -0.39 is 5.60 Å². The Bertz CT molecular complexity index is 561. The first-order valence-corrected chi connectivity index (χ1v) is 8.57. The fourth-order valence-corrected chi connectivity index (χ4v) is 4.39. The van der Waals surface area contributed by atoms with Gasteiger partial charge in [0.2, 0.25) is 0 Å². The molecule has 3 atom stereocenters. The van der Waals surface area contributed by atoms with Crippen molar-refractivity contribution in [3.8, 4) is 0 Å². The lowest BCUT2D eigenvalue weighted by Crippen LogP contribution is -2.50. The maximum Gasteiger partial charge on any atom is 0.270 e. The molecule has 1 N–H and O–H groups in total. The second kappa shape index (κ2) is 5.73. The van der Waals surface area contributed by atoms with E-state index in [1.165, 1.54) is 6.42 Å². The van der Waals surface area contributed by atoms with E-state index in [9.17, 15) is 9.90 Å². The van der Waals surface area contributed by atoms with Crippen molar-refractivity contribution in [2.45, 2.75) is 64.0 Å². The van der Waals surface area contributed by atoms with Gasteiger partial charge in [-0.15, -0.1) is 0 Å². The number of nitrogens with zero attached hydrogens (tertiary/aromatic N) is 2. The molecule has 122 valence electrons. The Morgan fingerprint density at radius 3 is 2.68 bits per heavy atom. The van der Waals surface area contributed by atoms with Gasteiger partial charge in [-0.3, -0.25) is 4.79 Å². The Morgan fingerprint density at radius 1 is 1.27 bits per heavy atom. The minimum atomic E-state index is -0.629. The highest BCUT2D eigenvalue weighted by Crippen LogP contribution is 2.41. The molecule has 1 amide bonds. The summed E-state index contributed by atoms with van der Waals surface area (Å²) in [5.41, 5.74) is 1.24. The second-order valence-electron chi connectivity index (χ2n) is 7.34. The van der Waals surface area contributed by atoms with E-state index in [0.717, 1.165) is 50.0 Å². The van der Waals surface area contributed by atoms with Crippen molar-refractivity contribution in [3.63, 3.8) is 0 Å². The summed E-state index contributed by atoms with van der Waals surface area (Å²) >= 11 is 0. The fourth-order valence-electron chi connectivity index (χ4n) is 4.39. The highest BCUT2D eigenvalue weighted by molar-refractivity contribution is 5.93. The van der Waals surface area contributed by atoms with Crippen LogP contribution in [0.5, 0.6) is 0 Å². The van der Waals surface area contributed by atoms with Gasteiger partial charge in [-0.25, -0.2) is 0 Å². The van der Waals surface area contributed by atoms with Crippen molar-refractivity contribution in [1.82, 2.24) is 9.47 Å². The van der Waals surface area contributed by atoms with E-state index in [4.69, 9.17) is 0 Å². The van der Waals surface area contributed by atoms with Crippen LogP contribution < -0.4 is 0 Å². The van der Waals surface area contributed by atoms with Crippen molar-refractivity contribution < 1.29 is 9.90 Å². The third-order valence-electron chi connectivity index (χ3n) is 5.86. The molecule has 2 aliphatic rings. The molecule has 0 unspecified atom stereocenters. The minimum absolute atomic E-state index is 0.125. The Labute approximate surface area is 133 Å². The number of amides is 1. The van der Waals surface area contributed by atoms with Crippen molar-refractivity contribution in [2.75, 3.05) is 6.54 Å². The Balaban J connectivity index is 1.84. The van der Waals surface area contributed by atoms with Gasteiger partial charge in [0.1, 0.15) is 5.69 Å².